The lowest BCUT2D eigenvalue weighted by Gasteiger charge is -2.11. The van der Waals surface area contributed by atoms with Crippen LogP contribution < -0.4 is 15.4 Å². The number of nitro benzene ring substituents is 1. The van der Waals surface area contributed by atoms with E-state index in [1.807, 2.05) is 54.6 Å². The Morgan fingerprint density at radius 3 is 2.43 bits per heavy atom. The molecule has 0 aliphatic heterocycles. The SMILES string of the molecule is Cl.O=[N+]([O-])c1ccc(NCCNCc2cccc(OCc3ccccc3)c2)c(Cl)c1. The number of nitrogens with one attached hydrogen (secondary N) is 2. The highest BCUT2D eigenvalue weighted by atomic mass is 35.5. The van der Waals surface area contributed by atoms with Crippen LogP contribution in [0.4, 0.5) is 11.4 Å². The second-order valence-electron chi connectivity index (χ2n) is 6.45. The average molecular weight is 448 g/mol. The molecule has 3 rings (SSSR count). The van der Waals surface area contributed by atoms with Gasteiger partial charge in [0.25, 0.3) is 5.69 Å². The highest BCUT2D eigenvalue weighted by molar-refractivity contribution is 6.33. The molecule has 8 heteroatoms. The molecular formula is C22H23Cl2N3O3. The Morgan fingerprint density at radius 1 is 0.933 bits per heavy atom. The maximum atomic E-state index is 10.7. The molecule has 6 nitrogen and oxygen atoms in total. The molecule has 0 fully saturated rings. The van der Waals surface area contributed by atoms with Gasteiger partial charge < -0.3 is 15.4 Å². The lowest BCUT2D eigenvalue weighted by Crippen LogP contribution is -2.21. The highest BCUT2D eigenvalue weighted by Gasteiger charge is 2.08. The molecule has 0 saturated carbocycles. The Balaban J connectivity index is 0.00000320. The Hall–Kier alpha value is -2.80. The fraction of sp³-hybridized carbons (Fsp3) is 0.182. The van der Waals surface area contributed by atoms with Crippen LogP contribution in [0.1, 0.15) is 11.1 Å². The number of hydrogen-bond donors (Lipinski definition) is 2. The second-order valence-corrected chi connectivity index (χ2v) is 6.85. The predicted molar refractivity (Wildman–Crippen MR) is 123 cm³/mol. The number of non-ortho nitro benzene ring substituents is 1. The van der Waals surface area contributed by atoms with E-state index in [9.17, 15) is 10.1 Å². The van der Waals surface area contributed by atoms with Crippen LogP contribution in [0.3, 0.4) is 0 Å². The molecule has 0 spiro atoms. The molecule has 3 aromatic carbocycles. The molecule has 2 N–H and O–H groups in total. The van der Waals surface area contributed by atoms with Crippen LogP contribution in [-0.2, 0) is 13.2 Å². The van der Waals surface area contributed by atoms with Crippen molar-refractivity contribution in [1.29, 1.82) is 0 Å². The van der Waals surface area contributed by atoms with Crippen LogP contribution in [-0.4, -0.2) is 18.0 Å². The summed E-state index contributed by atoms with van der Waals surface area (Å²) in [5, 5.41) is 17.6. The van der Waals surface area contributed by atoms with E-state index in [1.165, 1.54) is 12.1 Å². The number of ether oxygens (including phenoxy) is 1. The third kappa shape index (κ3) is 7.22. The van der Waals surface area contributed by atoms with Crippen molar-refractivity contribution in [1.82, 2.24) is 5.32 Å². The molecule has 158 valence electrons. The van der Waals surface area contributed by atoms with Gasteiger partial charge in [-0.25, -0.2) is 0 Å². The van der Waals surface area contributed by atoms with Crippen molar-refractivity contribution >= 4 is 35.4 Å². The molecule has 0 aliphatic rings. The third-order valence-corrected chi connectivity index (χ3v) is 4.57. The van der Waals surface area contributed by atoms with Gasteiger partial charge in [-0.1, -0.05) is 54.1 Å². The zero-order chi connectivity index (χ0) is 20.5. The summed E-state index contributed by atoms with van der Waals surface area (Å²) in [6.45, 7) is 2.60. The molecule has 0 saturated heterocycles. The minimum atomic E-state index is -0.463. The van der Waals surface area contributed by atoms with Gasteiger partial charge in [-0.3, -0.25) is 10.1 Å². The average Bonchev–Trinajstić information content (AvgIpc) is 2.74. The van der Waals surface area contributed by atoms with Gasteiger partial charge in [-0.15, -0.1) is 12.4 Å². The van der Waals surface area contributed by atoms with Crippen molar-refractivity contribution < 1.29 is 9.66 Å². The fourth-order valence-corrected chi connectivity index (χ4v) is 3.01. The van der Waals surface area contributed by atoms with Crippen LogP contribution in [0.25, 0.3) is 0 Å². The van der Waals surface area contributed by atoms with Crippen molar-refractivity contribution in [3.8, 4) is 5.75 Å². The van der Waals surface area contributed by atoms with Gasteiger partial charge in [0.15, 0.2) is 0 Å². The highest BCUT2D eigenvalue weighted by Crippen LogP contribution is 2.26. The summed E-state index contributed by atoms with van der Waals surface area (Å²) in [5.41, 5.74) is 2.92. The maximum absolute atomic E-state index is 10.7. The molecule has 0 aliphatic carbocycles. The summed E-state index contributed by atoms with van der Waals surface area (Å²) in [6.07, 6.45) is 0. The summed E-state index contributed by atoms with van der Waals surface area (Å²) in [5.74, 6) is 0.837. The minimum absolute atomic E-state index is 0. The first kappa shape index (κ1) is 23.5. The van der Waals surface area contributed by atoms with Gasteiger partial charge in [0.1, 0.15) is 12.4 Å². The quantitative estimate of drug-likeness (QED) is 0.245. The van der Waals surface area contributed by atoms with Crippen LogP contribution in [0.2, 0.25) is 5.02 Å². The molecule has 30 heavy (non-hydrogen) atoms. The van der Waals surface area contributed by atoms with Crippen LogP contribution in [0.15, 0.2) is 72.8 Å². The fourth-order valence-electron chi connectivity index (χ4n) is 2.77. The molecule has 0 heterocycles. The zero-order valence-corrected chi connectivity index (χ0v) is 17.8. The number of rotatable bonds is 10. The van der Waals surface area contributed by atoms with Crippen molar-refractivity contribution in [2.75, 3.05) is 18.4 Å². The lowest BCUT2D eigenvalue weighted by molar-refractivity contribution is -0.384. The largest absolute Gasteiger partial charge is 0.489 e. The summed E-state index contributed by atoms with van der Waals surface area (Å²) in [6, 6.07) is 22.4. The summed E-state index contributed by atoms with van der Waals surface area (Å²) < 4.78 is 5.85. The normalized spacial score (nSPS) is 10.2. The number of benzene rings is 3. The molecular weight excluding hydrogens is 425 g/mol. The van der Waals surface area contributed by atoms with Crippen molar-refractivity contribution in [2.24, 2.45) is 0 Å². The number of halogens is 2. The topological polar surface area (TPSA) is 76.4 Å². The molecule has 3 aromatic rings. The summed E-state index contributed by atoms with van der Waals surface area (Å²) >= 11 is 6.07. The zero-order valence-electron chi connectivity index (χ0n) is 16.2. The molecule has 0 atom stereocenters. The molecule has 0 amide bonds. The van der Waals surface area contributed by atoms with Gasteiger partial charge in [-0.2, -0.15) is 0 Å². The number of nitro groups is 1. The summed E-state index contributed by atoms with van der Waals surface area (Å²) in [4.78, 5) is 10.3. The van der Waals surface area contributed by atoms with Gasteiger partial charge >= 0.3 is 0 Å². The first-order valence-corrected chi connectivity index (χ1v) is 9.64. The monoisotopic (exact) mass is 447 g/mol. The van der Waals surface area contributed by atoms with Gasteiger partial charge in [0, 0.05) is 31.8 Å². The molecule has 0 aromatic heterocycles. The van der Waals surface area contributed by atoms with Crippen LogP contribution in [0.5, 0.6) is 5.75 Å². The minimum Gasteiger partial charge on any atom is -0.489 e. The van der Waals surface area contributed by atoms with E-state index in [-0.39, 0.29) is 18.1 Å². The van der Waals surface area contributed by atoms with E-state index in [1.54, 1.807) is 6.07 Å². The van der Waals surface area contributed by atoms with Crippen LogP contribution in [0, 0.1) is 10.1 Å². The van der Waals surface area contributed by atoms with Gasteiger partial charge in [0.05, 0.1) is 15.6 Å². The molecule has 0 bridgehead atoms. The van der Waals surface area contributed by atoms with Crippen molar-refractivity contribution in [2.45, 2.75) is 13.2 Å². The first-order chi connectivity index (χ1) is 14.1. The van der Waals surface area contributed by atoms with Crippen LogP contribution >= 0.6 is 24.0 Å². The third-order valence-electron chi connectivity index (χ3n) is 4.26. The van der Waals surface area contributed by atoms with E-state index in [0.717, 1.165) is 16.9 Å². The lowest BCUT2D eigenvalue weighted by atomic mass is 10.2. The van der Waals surface area contributed by atoms with E-state index in [0.29, 0.717) is 37.0 Å². The van der Waals surface area contributed by atoms with E-state index >= 15 is 0 Å². The Labute approximate surface area is 186 Å². The van der Waals surface area contributed by atoms with E-state index in [4.69, 9.17) is 16.3 Å². The summed E-state index contributed by atoms with van der Waals surface area (Å²) in [7, 11) is 0. The number of hydrogen-bond acceptors (Lipinski definition) is 5. The van der Waals surface area contributed by atoms with E-state index < -0.39 is 4.92 Å². The van der Waals surface area contributed by atoms with Gasteiger partial charge in [0.2, 0.25) is 0 Å². The smallest absolute Gasteiger partial charge is 0.271 e. The number of anilines is 1. The Kier molecular flexibility index (Phi) is 9.41. The Morgan fingerprint density at radius 2 is 1.70 bits per heavy atom. The predicted octanol–water partition coefficient (Wildman–Crippen LogP) is 5.45. The molecule has 0 radical (unpaired) electrons. The maximum Gasteiger partial charge on any atom is 0.271 e. The standard InChI is InChI=1S/C22H22ClN3O3.ClH/c23-21-14-19(26(27)28)9-10-22(21)25-12-11-24-15-18-7-4-8-20(13-18)29-16-17-5-2-1-3-6-17;/h1-10,13-14,24-25H,11-12,15-16H2;1H. The van der Waals surface area contributed by atoms with Crippen molar-refractivity contribution in [3.05, 3.63) is 99.1 Å². The van der Waals surface area contributed by atoms with Gasteiger partial charge in [-0.05, 0) is 29.3 Å². The number of nitrogens with zero attached hydrogens (tertiary/aromatic N) is 1. The first-order valence-electron chi connectivity index (χ1n) is 9.26. The van der Waals surface area contributed by atoms with Crippen molar-refractivity contribution in [3.63, 3.8) is 0 Å². The second kappa shape index (κ2) is 12.0. The van der Waals surface area contributed by atoms with E-state index in [2.05, 4.69) is 10.6 Å². The Bertz CT molecular complexity index is 955. The molecule has 0 unspecified atom stereocenters.